The third kappa shape index (κ3) is 1.25. The second kappa shape index (κ2) is 3.68. The van der Waals surface area contributed by atoms with Gasteiger partial charge in [-0.1, -0.05) is 11.8 Å². The van der Waals surface area contributed by atoms with Crippen molar-refractivity contribution < 1.29 is 0 Å². The molecule has 0 amide bonds. The van der Waals surface area contributed by atoms with E-state index < -0.39 is 0 Å². The molecule has 0 aromatic carbocycles. The highest BCUT2D eigenvalue weighted by Gasteiger charge is 2.21. The molecule has 3 aromatic heterocycles. The Balaban J connectivity index is 2.18. The number of aromatic nitrogens is 6. The van der Waals surface area contributed by atoms with E-state index in [1.807, 2.05) is 6.26 Å². The predicted molar refractivity (Wildman–Crippen MR) is 68.9 cm³/mol. The summed E-state index contributed by atoms with van der Waals surface area (Å²) >= 11 is 1.55. The van der Waals surface area contributed by atoms with E-state index in [9.17, 15) is 0 Å². The van der Waals surface area contributed by atoms with E-state index >= 15 is 0 Å². The van der Waals surface area contributed by atoms with Crippen LogP contribution in [0, 0.1) is 0 Å². The van der Waals surface area contributed by atoms with Gasteiger partial charge in [0.05, 0.1) is 5.39 Å². The van der Waals surface area contributed by atoms with Crippen molar-refractivity contribution in [1.82, 2.24) is 30.0 Å². The Bertz CT molecular complexity index is 743. The van der Waals surface area contributed by atoms with Crippen LogP contribution in [0.5, 0.6) is 0 Å². The quantitative estimate of drug-likeness (QED) is 0.531. The molecule has 0 bridgehead atoms. The molecule has 1 N–H and O–H groups in total. The number of nitrogens with zero attached hydrogens (tertiary/aromatic N) is 5. The van der Waals surface area contributed by atoms with E-state index in [1.54, 1.807) is 16.3 Å². The van der Waals surface area contributed by atoms with Gasteiger partial charge < -0.3 is 4.98 Å². The van der Waals surface area contributed by atoms with Crippen LogP contribution in [0.25, 0.3) is 16.7 Å². The molecule has 0 aliphatic heterocycles. The molecule has 3 aromatic rings. The number of nitrogens with one attached hydrogen (secondary N) is 1. The van der Waals surface area contributed by atoms with Gasteiger partial charge in [-0.2, -0.15) is 4.52 Å². The van der Waals surface area contributed by atoms with Gasteiger partial charge in [0.25, 0.3) is 0 Å². The van der Waals surface area contributed by atoms with Crippen molar-refractivity contribution in [2.24, 2.45) is 0 Å². The van der Waals surface area contributed by atoms with Crippen LogP contribution in [0.4, 0.5) is 0 Å². The van der Waals surface area contributed by atoms with Crippen LogP contribution >= 0.6 is 11.8 Å². The highest BCUT2D eigenvalue weighted by molar-refractivity contribution is 7.98. The minimum Gasteiger partial charge on any atom is -0.343 e. The van der Waals surface area contributed by atoms with E-state index in [4.69, 9.17) is 0 Å². The molecular formula is C11H12N6S. The smallest absolute Gasteiger partial charge is 0.194 e. The minimum absolute atomic E-state index is 0.820. The summed E-state index contributed by atoms with van der Waals surface area (Å²) in [5.41, 5.74) is 4.42. The number of H-pyrrole nitrogens is 1. The maximum Gasteiger partial charge on any atom is 0.194 e. The van der Waals surface area contributed by atoms with Crippen LogP contribution in [0.3, 0.4) is 0 Å². The molecule has 4 rings (SSSR count). The van der Waals surface area contributed by atoms with E-state index in [2.05, 4.69) is 25.5 Å². The van der Waals surface area contributed by atoms with E-state index in [0.717, 1.165) is 34.7 Å². The second-order valence-corrected chi connectivity index (χ2v) is 5.30. The molecule has 0 saturated heterocycles. The first-order valence-corrected chi connectivity index (χ1v) is 7.26. The SMILES string of the molecule is CSc1nc2[nH]c3c(c2c2nnnn12)CCCC3. The van der Waals surface area contributed by atoms with Gasteiger partial charge in [-0.3, -0.25) is 0 Å². The molecule has 0 atom stereocenters. The number of tetrazole rings is 1. The standard InChI is InChI=1S/C11H12N6S/c1-18-11-13-9-8(10-14-15-16-17(10)11)6-4-2-3-5-7(6)12-9/h12H,2-5H2,1H3. The Morgan fingerprint density at radius 1 is 1.28 bits per heavy atom. The monoisotopic (exact) mass is 260 g/mol. The van der Waals surface area contributed by atoms with Gasteiger partial charge in [-0.15, -0.1) is 5.10 Å². The molecule has 1 aliphatic rings. The van der Waals surface area contributed by atoms with Crippen molar-refractivity contribution in [1.29, 1.82) is 0 Å². The number of aromatic amines is 1. The highest BCUT2D eigenvalue weighted by atomic mass is 32.2. The first kappa shape index (κ1) is 10.3. The van der Waals surface area contributed by atoms with E-state index in [-0.39, 0.29) is 0 Å². The van der Waals surface area contributed by atoms with Crippen molar-refractivity contribution in [2.45, 2.75) is 30.8 Å². The Morgan fingerprint density at radius 3 is 3.06 bits per heavy atom. The summed E-state index contributed by atoms with van der Waals surface area (Å²) in [7, 11) is 0. The lowest BCUT2D eigenvalue weighted by Gasteiger charge is -2.10. The summed E-state index contributed by atoms with van der Waals surface area (Å²) in [4.78, 5) is 8.07. The fraction of sp³-hybridized carbons (Fsp3) is 0.455. The molecule has 0 unspecified atom stereocenters. The molecule has 18 heavy (non-hydrogen) atoms. The van der Waals surface area contributed by atoms with E-state index in [1.165, 1.54) is 24.1 Å². The molecule has 0 fully saturated rings. The van der Waals surface area contributed by atoms with Crippen molar-refractivity contribution in [3.8, 4) is 0 Å². The molecule has 7 heteroatoms. The molecule has 92 valence electrons. The van der Waals surface area contributed by atoms with Gasteiger partial charge in [-0.05, 0) is 47.9 Å². The molecule has 0 saturated carbocycles. The van der Waals surface area contributed by atoms with Crippen molar-refractivity contribution in [2.75, 3.05) is 6.26 Å². The van der Waals surface area contributed by atoms with Crippen LogP contribution in [-0.2, 0) is 12.8 Å². The first-order valence-electron chi connectivity index (χ1n) is 6.04. The Hall–Kier alpha value is -1.63. The molecule has 0 radical (unpaired) electrons. The lowest BCUT2D eigenvalue weighted by atomic mass is 9.96. The minimum atomic E-state index is 0.820. The van der Waals surface area contributed by atoms with E-state index in [0.29, 0.717) is 0 Å². The Labute approximate surface area is 107 Å². The number of aryl methyl sites for hydroxylation is 2. The lowest BCUT2D eigenvalue weighted by molar-refractivity contribution is 0.680. The van der Waals surface area contributed by atoms with Gasteiger partial charge in [-0.25, -0.2) is 4.98 Å². The summed E-state index contributed by atoms with van der Waals surface area (Å²) < 4.78 is 1.73. The van der Waals surface area contributed by atoms with Gasteiger partial charge in [0, 0.05) is 5.69 Å². The molecular weight excluding hydrogens is 248 g/mol. The van der Waals surface area contributed by atoms with Gasteiger partial charge in [0.2, 0.25) is 0 Å². The van der Waals surface area contributed by atoms with Crippen LogP contribution < -0.4 is 0 Å². The third-order valence-electron chi connectivity index (χ3n) is 3.54. The fourth-order valence-electron chi connectivity index (χ4n) is 2.74. The number of thioether (sulfide) groups is 1. The number of fused-ring (bicyclic) bond motifs is 5. The highest BCUT2D eigenvalue weighted by Crippen LogP contribution is 2.31. The van der Waals surface area contributed by atoms with Crippen LogP contribution in [-0.4, -0.2) is 36.3 Å². The predicted octanol–water partition coefficient (Wildman–Crippen LogP) is 1.60. The molecule has 0 spiro atoms. The van der Waals surface area contributed by atoms with Gasteiger partial charge in [0.1, 0.15) is 5.65 Å². The second-order valence-electron chi connectivity index (χ2n) is 4.53. The normalized spacial score (nSPS) is 15.4. The number of hydrogen-bond donors (Lipinski definition) is 1. The van der Waals surface area contributed by atoms with Crippen molar-refractivity contribution >= 4 is 28.4 Å². The van der Waals surface area contributed by atoms with Crippen molar-refractivity contribution in [3.05, 3.63) is 11.3 Å². The number of rotatable bonds is 1. The summed E-state index contributed by atoms with van der Waals surface area (Å²) in [5, 5.41) is 13.9. The zero-order valence-electron chi connectivity index (χ0n) is 9.97. The zero-order chi connectivity index (χ0) is 12.1. The van der Waals surface area contributed by atoms with Gasteiger partial charge >= 0.3 is 0 Å². The maximum absolute atomic E-state index is 4.63. The molecule has 3 heterocycles. The van der Waals surface area contributed by atoms with Gasteiger partial charge in [0.15, 0.2) is 10.8 Å². The fourth-order valence-corrected chi connectivity index (χ4v) is 3.22. The Morgan fingerprint density at radius 2 is 2.17 bits per heavy atom. The van der Waals surface area contributed by atoms with Crippen molar-refractivity contribution in [3.63, 3.8) is 0 Å². The summed E-state index contributed by atoms with van der Waals surface area (Å²) in [5.74, 6) is 0. The topological polar surface area (TPSA) is 71.8 Å². The molecule has 6 nitrogen and oxygen atoms in total. The van der Waals surface area contributed by atoms with Crippen LogP contribution in [0.15, 0.2) is 5.16 Å². The lowest BCUT2D eigenvalue weighted by Crippen LogP contribution is -2.01. The summed E-state index contributed by atoms with van der Waals surface area (Å²) in [6.45, 7) is 0. The third-order valence-corrected chi connectivity index (χ3v) is 4.17. The first-order chi connectivity index (χ1) is 8.88. The largest absolute Gasteiger partial charge is 0.343 e. The summed E-state index contributed by atoms with van der Waals surface area (Å²) in [6.07, 6.45) is 6.67. The average Bonchev–Trinajstić information content (AvgIpc) is 3.00. The molecule has 1 aliphatic carbocycles. The average molecular weight is 260 g/mol. The zero-order valence-corrected chi connectivity index (χ0v) is 10.8. The maximum atomic E-state index is 4.63. The van der Waals surface area contributed by atoms with Crippen LogP contribution in [0.1, 0.15) is 24.1 Å². The summed E-state index contributed by atoms with van der Waals surface area (Å²) in [6, 6.07) is 0. The van der Waals surface area contributed by atoms with Crippen LogP contribution in [0.2, 0.25) is 0 Å². The number of hydrogen-bond acceptors (Lipinski definition) is 5. The Kier molecular flexibility index (Phi) is 2.11.